The molecule has 0 bridgehead atoms. The third-order valence-electron chi connectivity index (χ3n) is 2.79. The van der Waals surface area contributed by atoms with Gasteiger partial charge in [-0.15, -0.1) is 0 Å². The van der Waals surface area contributed by atoms with E-state index in [2.05, 4.69) is 24.1 Å². The number of pyridine rings is 1. The van der Waals surface area contributed by atoms with Gasteiger partial charge >= 0.3 is 0 Å². The largest absolute Gasteiger partial charge is 0.437 e. The third-order valence-corrected chi connectivity index (χ3v) is 3.08. The Labute approximate surface area is 129 Å². The summed E-state index contributed by atoms with van der Waals surface area (Å²) in [5.74, 6) is 1.03. The van der Waals surface area contributed by atoms with Gasteiger partial charge < -0.3 is 10.1 Å². The minimum Gasteiger partial charge on any atom is -0.437 e. The lowest BCUT2D eigenvalue weighted by atomic mass is 10.2. The summed E-state index contributed by atoms with van der Waals surface area (Å²) in [4.78, 5) is 4.14. The Hall–Kier alpha value is -1.65. The Kier molecular flexibility index (Phi) is 5.53. The average molecular weight is 309 g/mol. The predicted molar refractivity (Wildman–Crippen MR) is 82.3 cm³/mol. The van der Waals surface area contributed by atoms with Crippen molar-refractivity contribution in [2.75, 3.05) is 6.54 Å². The minimum absolute atomic E-state index is 0.222. The molecule has 0 saturated carbocycles. The zero-order valence-corrected chi connectivity index (χ0v) is 12.8. The van der Waals surface area contributed by atoms with Gasteiger partial charge in [0.25, 0.3) is 0 Å². The molecule has 2 rings (SSSR count). The average Bonchev–Trinajstić information content (AvgIpc) is 2.42. The van der Waals surface area contributed by atoms with Gasteiger partial charge in [-0.3, -0.25) is 0 Å². The molecule has 0 saturated heterocycles. The first-order valence-corrected chi connectivity index (χ1v) is 7.21. The van der Waals surface area contributed by atoms with Crippen LogP contribution in [0.5, 0.6) is 11.6 Å². The molecule has 1 aromatic heterocycles. The molecule has 0 amide bonds. The van der Waals surface area contributed by atoms with Gasteiger partial charge in [0.05, 0.1) is 5.02 Å². The topological polar surface area (TPSA) is 34.2 Å². The van der Waals surface area contributed by atoms with Crippen LogP contribution in [0.3, 0.4) is 0 Å². The summed E-state index contributed by atoms with van der Waals surface area (Å²) < 4.78 is 18.6. The fraction of sp³-hybridized carbons (Fsp3) is 0.312. The van der Waals surface area contributed by atoms with Crippen LogP contribution in [0.4, 0.5) is 4.39 Å². The van der Waals surface area contributed by atoms with Gasteiger partial charge in [0.2, 0.25) is 5.88 Å². The van der Waals surface area contributed by atoms with Crippen molar-refractivity contribution in [1.29, 1.82) is 0 Å². The summed E-state index contributed by atoms with van der Waals surface area (Å²) >= 11 is 5.93. The van der Waals surface area contributed by atoms with E-state index in [1.54, 1.807) is 6.20 Å². The molecule has 2 aromatic rings. The van der Waals surface area contributed by atoms with E-state index in [1.807, 2.05) is 12.1 Å². The first-order valence-electron chi connectivity index (χ1n) is 6.83. The SMILES string of the molecule is CC(C)CNCc1ccnc(Oc2ccc(F)cc2Cl)c1. The van der Waals surface area contributed by atoms with Crippen molar-refractivity contribution in [2.24, 2.45) is 5.92 Å². The van der Waals surface area contributed by atoms with Crippen molar-refractivity contribution in [2.45, 2.75) is 20.4 Å². The molecule has 112 valence electrons. The maximum absolute atomic E-state index is 13.0. The number of benzene rings is 1. The van der Waals surface area contributed by atoms with E-state index < -0.39 is 5.82 Å². The summed E-state index contributed by atoms with van der Waals surface area (Å²) in [6.07, 6.45) is 1.68. The Morgan fingerprint density at radius 3 is 2.81 bits per heavy atom. The molecular weight excluding hydrogens is 291 g/mol. The molecule has 0 aliphatic carbocycles. The lowest BCUT2D eigenvalue weighted by molar-refractivity contribution is 0.460. The van der Waals surface area contributed by atoms with E-state index in [0.717, 1.165) is 18.7 Å². The van der Waals surface area contributed by atoms with Crippen LogP contribution in [-0.2, 0) is 6.54 Å². The highest BCUT2D eigenvalue weighted by atomic mass is 35.5. The van der Waals surface area contributed by atoms with Crippen LogP contribution >= 0.6 is 11.6 Å². The van der Waals surface area contributed by atoms with Crippen molar-refractivity contribution < 1.29 is 9.13 Å². The van der Waals surface area contributed by atoms with Crippen LogP contribution in [0.2, 0.25) is 5.02 Å². The second-order valence-corrected chi connectivity index (χ2v) is 5.61. The van der Waals surface area contributed by atoms with Crippen LogP contribution in [0.15, 0.2) is 36.5 Å². The number of nitrogens with zero attached hydrogens (tertiary/aromatic N) is 1. The highest BCUT2D eigenvalue weighted by molar-refractivity contribution is 6.32. The molecular formula is C16H18ClFN2O. The highest BCUT2D eigenvalue weighted by Gasteiger charge is 2.06. The summed E-state index contributed by atoms with van der Waals surface area (Å²) in [6.45, 7) is 6.01. The fourth-order valence-corrected chi connectivity index (χ4v) is 2.00. The lowest BCUT2D eigenvalue weighted by Crippen LogP contribution is -2.18. The maximum Gasteiger partial charge on any atom is 0.219 e. The minimum atomic E-state index is -0.396. The number of aromatic nitrogens is 1. The van der Waals surface area contributed by atoms with Gasteiger partial charge in [0.15, 0.2) is 0 Å². The Balaban J connectivity index is 2.03. The monoisotopic (exact) mass is 308 g/mol. The smallest absolute Gasteiger partial charge is 0.219 e. The summed E-state index contributed by atoms with van der Waals surface area (Å²) in [6, 6.07) is 7.77. The molecule has 3 nitrogen and oxygen atoms in total. The third kappa shape index (κ3) is 4.99. The van der Waals surface area contributed by atoms with Crippen LogP contribution in [0.1, 0.15) is 19.4 Å². The van der Waals surface area contributed by atoms with Gasteiger partial charge in [-0.2, -0.15) is 0 Å². The quantitative estimate of drug-likeness (QED) is 0.858. The molecule has 0 aliphatic rings. The normalized spacial score (nSPS) is 10.9. The highest BCUT2D eigenvalue weighted by Crippen LogP contribution is 2.29. The van der Waals surface area contributed by atoms with Crippen molar-refractivity contribution in [3.8, 4) is 11.6 Å². The zero-order valence-electron chi connectivity index (χ0n) is 12.1. The van der Waals surface area contributed by atoms with E-state index in [1.165, 1.54) is 18.2 Å². The molecule has 0 fully saturated rings. The van der Waals surface area contributed by atoms with Crippen LogP contribution < -0.4 is 10.1 Å². The van der Waals surface area contributed by atoms with Crippen LogP contribution in [-0.4, -0.2) is 11.5 Å². The Morgan fingerprint density at radius 1 is 1.29 bits per heavy atom. The van der Waals surface area contributed by atoms with Gasteiger partial charge in [-0.25, -0.2) is 9.37 Å². The van der Waals surface area contributed by atoms with Crippen molar-refractivity contribution in [3.63, 3.8) is 0 Å². The molecule has 1 heterocycles. The molecule has 0 unspecified atom stereocenters. The molecule has 5 heteroatoms. The summed E-state index contributed by atoms with van der Waals surface area (Å²) in [5.41, 5.74) is 1.07. The number of rotatable bonds is 6. The summed E-state index contributed by atoms with van der Waals surface area (Å²) in [7, 11) is 0. The van der Waals surface area contributed by atoms with Gasteiger partial charge in [0, 0.05) is 18.8 Å². The van der Waals surface area contributed by atoms with E-state index in [0.29, 0.717) is 17.5 Å². The van der Waals surface area contributed by atoms with Crippen LogP contribution in [0.25, 0.3) is 0 Å². The molecule has 0 aliphatic heterocycles. The first kappa shape index (κ1) is 15.7. The van der Waals surface area contributed by atoms with Crippen molar-refractivity contribution >= 4 is 11.6 Å². The number of hydrogen-bond acceptors (Lipinski definition) is 3. The molecule has 21 heavy (non-hydrogen) atoms. The standard InChI is InChI=1S/C16H18ClFN2O/c1-11(2)9-19-10-12-5-6-20-16(7-12)21-15-4-3-13(18)8-14(15)17/h3-8,11,19H,9-10H2,1-2H3. The van der Waals surface area contributed by atoms with E-state index >= 15 is 0 Å². The molecule has 0 spiro atoms. The number of nitrogens with one attached hydrogen (secondary N) is 1. The number of halogens is 2. The van der Waals surface area contributed by atoms with Gasteiger partial charge in [-0.1, -0.05) is 25.4 Å². The molecule has 1 aromatic carbocycles. The first-order chi connectivity index (χ1) is 10.0. The molecule has 0 atom stereocenters. The second-order valence-electron chi connectivity index (χ2n) is 5.20. The second kappa shape index (κ2) is 7.38. The van der Waals surface area contributed by atoms with Crippen LogP contribution in [0, 0.1) is 11.7 Å². The van der Waals surface area contributed by atoms with Crippen molar-refractivity contribution in [1.82, 2.24) is 10.3 Å². The van der Waals surface area contributed by atoms with Gasteiger partial charge in [0.1, 0.15) is 11.6 Å². The lowest BCUT2D eigenvalue weighted by Gasteiger charge is -2.10. The molecule has 1 N–H and O–H groups in total. The Morgan fingerprint density at radius 2 is 2.10 bits per heavy atom. The number of ether oxygens (including phenoxy) is 1. The van der Waals surface area contributed by atoms with Gasteiger partial charge in [-0.05, 0) is 42.3 Å². The van der Waals surface area contributed by atoms with E-state index in [4.69, 9.17) is 16.3 Å². The maximum atomic E-state index is 13.0. The van der Waals surface area contributed by atoms with E-state index in [-0.39, 0.29) is 5.02 Å². The van der Waals surface area contributed by atoms with E-state index in [9.17, 15) is 4.39 Å². The zero-order chi connectivity index (χ0) is 15.2. The molecule has 0 radical (unpaired) electrons. The fourth-order valence-electron chi connectivity index (χ4n) is 1.79. The Bertz CT molecular complexity index is 605. The van der Waals surface area contributed by atoms with Crippen molar-refractivity contribution in [3.05, 3.63) is 52.9 Å². The summed E-state index contributed by atoms with van der Waals surface area (Å²) in [5, 5.41) is 3.57. The number of hydrogen-bond donors (Lipinski definition) is 1. The predicted octanol–water partition coefficient (Wildman–Crippen LogP) is 4.41.